The van der Waals surface area contributed by atoms with Crippen molar-refractivity contribution >= 4 is 0 Å². The van der Waals surface area contributed by atoms with Crippen LogP contribution in [-0.2, 0) is 4.74 Å². The third-order valence-electron chi connectivity index (χ3n) is 2.85. The van der Waals surface area contributed by atoms with Crippen molar-refractivity contribution < 1.29 is 4.74 Å². The Morgan fingerprint density at radius 3 is 2.27 bits per heavy atom. The van der Waals surface area contributed by atoms with Crippen molar-refractivity contribution in [2.45, 2.75) is 65.3 Å². The predicted molar refractivity (Wildman–Crippen MR) is 63.4 cm³/mol. The summed E-state index contributed by atoms with van der Waals surface area (Å²) in [5.41, 5.74) is 6.28. The molecule has 0 amide bonds. The van der Waals surface area contributed by atoms with Gasteiger partial charge in [0.2, 0.25) is 0 Å². The molecule has 1 unspecified atom stereocenters. The van der Waals surface area contributed by atoms with Crippen LogP contribution in [0.3, 0.4) is 0 Å². The minimum atomic E-state index is -0.550. The highest BCUT2D eigenvalue weighted by Gasteiger charge is 2.45. The highest BCUT2D eigenvalue weighted by Crippen LogP contribution is 2.34. The summed E-state index contributed by atoms with van der Waals surface area (Å²) in [6.07, 6.45) is 3.58. The van der Waals surface area contributed by atoms with Crippen LogP contribution in [0.15, 0.2) is 0 Å². The van der Waals surface area contributed by atoms with E-state index in [-0.39, 0.29) is 5.54 Å². The highest BCUT2D eigenvalue weighted by molar-refractivity contribution is 4.93. The van der Waals surface area contributed by atoms with Crippen LogP contribution in [-0.4, -0.2) is 18.0 Å². The van der Waals surface area contributed by atoms with Gasteiger partial charge in [0, 0.05) is 5.54 Å². The van der Waals surface area contributed by atoms with Crippen molar-refractivity contribution in [3.63, 3.8) is 0 Å². The zero-order valence-corrected chi connectivity index (χ0v) is 10.8. The first-order valence-electron chi connectivity index (χ1n) is 5.90. The second-order valence-corrected chi connectivity index (χ2v) is 6.28. The van der Waals surface area contributed by atoms with E-state index in [1.807, 2.05) is 0 Å². The molecule has 0 bridgehead atoms. The van der Waals surface area contributed by atoms with Gasteiger partial charge >= 0.3 is 0 Å². The van der Waals surface area contributed by atoms with E-state index in [1.54, 1.807) is 0 Å². The van der Waals surface area contributed by atoms with Crippen molar-refractivity contribution in [2.24, 2.45) is 11.1 Å². The first kappa shape index (κ1) is 12.9. The van der Waals surface area contributed by atoms with E-state index in [0.717, 1.165) is 6.42 Å². The van der Waals surface area contributed by atoms with Crippen LogP contribution >= 0.6 is 0 Å². The number of nitrogens with one attached hydrogen (secondary N) is 1. The first-order chi connectivity index (χ1) is 6.68. The summed E-state index contributed by atoms with van der Waals surface area (Å²) in [6, 6.07) is 0. The second kappa shape index (κ2) is 4.04. The van der Waals surface area contributed by atoms with Crippen molar-refractivity contribution in [3.8, 4) is 0 Å². The smallest absolute Gasteiger partial charge is 0.197 e. The molecule has 3 nitrogen and oxygen atoms in total. The van der Waals surface area contributed by atoms with Crippen molar-refractivity contribution in [1.29, 1.82) is 0 Å². The SMILES string of the molecule is CCCC(C)(C)CC(C)(C)NC1(N)CO1. The lowest BCUT2D eigenvalue weighted by Gasteiger charge is -2.36. The number of epoxide rings is 1. The monoisotopic (exact) mass is 214 g/mol. The number of hydrogen-bond acceptors (Lipinski definition) is 3. The zero-order valence-electron chi connectivity index (χ0n) is 10.8. The number of nitrogens with two attached hydrogens (primary N) is 1. The lowest BCUT2D eigenvalue weighted by atomic mass is 9.77. The summed E-state index contributed by atoms with van der Waals surface area (Å²) in [4.78, 5) is 0. The molecule has 0 saturated carbocycles. The fourth-order valence-electron chi connectivity index (χ4n) is 2.73. The molecule has 0 aromatic heterocycles. The van der Waals surface area contributed by atoms with Gasteiger partial charge in [-0.05, 0) is 32.1 Å². The number of ether oxygens (including phenoxy) is 1. The molecule has 3 N–H and O–H groups in total. The molecule has 1 atom stereocenters. The molecule has 0 spiro atoms. The predicted octanol–water partition coefficient (Wildman–Crippen LogP) is 2.21. The van der Waals surface area contributed by atoms with E-state index in [0.29, 0.717) is 12.0 Å². The van der Waals surface area contributed by atoms with Crippen LogP contribution in [0.4, 0.5) is 0 Å². The van der Waals surface area contributed by atoms with Crippen molar-refractivity contribution in [3.05, 3.63) is 0 Å². The molecule has 0 aromatic carbocycles. The quantitative estimate of drug-likeness (QED) is 0.526. The molecular weight excluding hydrogens is 188 g/mol. The summed E-state index contributed by atoms with van der Waals surface area (Å²) in [7, 11) is 0. The van der Waals surface area contributed by atoms with E-state index < -0.39 is 5.85 Å². The van der Waals surface area contributed by atoms with Crippen LogP contribution in [0.5, 0.6) is 0 Å². The third kappa shape index (κ3) is 4.49. The Kier molecular flexibility index (Phi) is 3.49. The van der Waals surface area contributed by atoms with Gasteiger partial charge in [0.15, 0.2) is 5.85 Å². The van der Waals surface area contributed by atoms with E-state index >= 15 is 0 Å². The summed E-state index contributed by atoms with van der Waals surface area (Å²) < 4.78 is 5.17. The highest BCUT2D eigenvalue weighted by atomic mass is 16.6. The second-order valence-electron chi connectivity index (χ2n) is 6.28. The fraction of sp³-hybridized carbons (Fsp3) is 1.00. The Hall–Kier alpha value is -0.120. The average Bonchev–Trinajstić information content (AvgIpc) is 2.61. The molecule has 1 aliphatic rings. The van der Waals surface area contributed by atoms with E-state index in [4.69, 9.17) is 10.5 Å². The molecule has 3 heteroatoms. The van der Waals surface area contributed by atoms with Crippen LogP contribution in [0.1, 0.15) is 53.9 Å². The normalized spacial score (nSPS) is 26.8. The Bertz CT molecular complexity index is 220. The Balaban J connectivity index is 2.47. The van der Waals surface area contributed by atoms with Gasteiger partial charge in [0.25, 0.3) is 0 Å². The van der Waals surface area contributed by atoms with Crippen LogP contribution in [0.2, 0.25) is 0 Å². The summed E-state index contributed by atoms with van der Waals surface area (Å²) >= 11 is 0. The molecule has 0 aliphatic carbocycles. The average molecular weight is 214 g/mol. The third-order valence-corrected chi connectivity index (χ3v) is 2.85. The Morgan fingerprint density at radius 1 is 1.33 bits per heavy atom. The topological polar surface area (TPSA) is 50.6 Å². The summed E-state index contributed by atoms with van der Waals surface area (Å²) in [5.74, 6) is -0.550. The molecule has 15 heavy (non-hydrogen) atoms. The van der Waals surface area contributed by atoms with Crippen LogP contribution < -0.4 is 11.1 Å². The van der Waals surface area contributed by atoms with Gasteiger partial charge in [-0.1, -0.05) is 27.2 Å². The minimum Gasteiger partial charge on any atom is -0.339 e. The van der Waals surface area contributed by atoms with Gasteiger partial charge < -0.3 is 4.74 Å². The Morgan fingerprint density at radius 2 is 1.87 bits per heavy atom. The number of hydrogen-bond donors (Lipinski definition) is 2. The molecule has 0 radical (unpaired) electrons. The summed E-state index contributed by atoms with van der Waals surface area (Å²) in [6.45, 7) is 11.9. The standard InChI is InChI=1S/C12H26N2O/c1-6-7-10(2,3)8-11(4,5)14-12(13)9-15-12/h14H,6-9,13H2,1-5H3. The maximum absolute atomic E-state index is 5.89. The van der Waals surface area contributed by atoms with Gasteiger partial charge in [-0.2, -0.15) is 0 Å². The largest absolute Gasteiger partial charge is 0.339 e. The van der Waals surface area contributed by atoms with E-state index in [9.17, 15) is 0 Å². The molecule has 1 heterocycles. The van der Waals surface area contributed by atoms with Crippen LogP contribution in [0, 0.1) is 5.41 Å². The van der Waals surface area contributed by atoms with Gasteiger partial charge in [0.05, 0.1) is 0 Å². The lowest BCUT2D eigenvalue weighted by Crippen LogP contribution is -2.54. The minimum absolute atomic E-state index is 0.0317. The fourth-order valence-corrected chi connectivity index (χ4v) is 2.73. The summed E-state index contributed by atoms with van der Waals surface area (Å²) in [5, 5.41) is 3.38. The van der Waals surface area contributed by atoms with E-state index in [1.165, 1.54) is 12.8 Å². The van der Waals surface area contributed by atoms with Gasteiger partial charge in [-0.3, -0.25) is 11.1 Å². The molecular formula is C12H26N2O. The molecule has 1 fully saturated rings. The Labute approximate surface area is 93.8 Å². The molecule has 1 rings (SSSR count). The first-order valence-corrected chi connectivity index (χ1v) is 5.90. The maximum Gasteiger partial charge on any atom is 0.197 e. The number of rotatable bonds is 6. The molecule has 0 aromatic rings. The van der Waals surface area contributed by atoms with Crippen LogP contribution in [0.25, 0.3) is 0 Å². The van der Waals surface area contributed by atoms with Gasteiger partial charge in [0.1, 0.15) is 6.61 Å². The van der Waals surface area contributed by atoms with E-state index in [2.05, 4.69) is 39.9 Å². The zero-order chi connectivity index (χ0) is 11.7. The lowest BCUT2D eigenvalue weighted by molar-refractivity contribution is 0.147. The maximum atomic E-state index is 5.89. The van der Waals surface area contributed by atoms with Crippen molar-refractivity contribution in [1.82, 2.24) is 5.32 Å². The molecule has 1 saturated heterocycles. The van der Waals surface area contributed by atoms with Gasteiger partial charge in [-0.25, -0.2) is 0 Å². The molecule has 90 valence electrons. The van der Waals surface area contributed by atoms with Gasteiger partial charge in [-0.15, -0.1) is 0 Å². The van der Waals surface area contributed by atoms with Crippen molar-refractivity contribution in [2.75, 3.05) is 6.61 Å². The molecule has 1 aliphatic heterocycles.